The standard InChI is InChI=1S/C58H70F2N14O7S/c1-34-48(82-33-65-34)37-12-8-35(9-13-37)41(58(54(61)80)26-40(75)30-74(58)53(79)49(56(2,3)4)70-55(81)57(60)16-17-57)25-46(76)62-18-6-5-7-19-63-47(77)32-71-20-22-72(23-21-71)52(78)38-14-15-43(42(59)24-38)68-50-51-64-29-45(39-27-66-67-28-39)73(51)31-44(69-50)36-10-11-36/h8-9,12-15,24,27-29,31,33,36,40-41,49,75H,5-7,10-11,16-23,25-26,30,32H2,1-4H3,(H2,61,80)(H,62,76)(H,63,77)(H,66,67)(H,68,69)(H,70,81)/t40?,41-,49+,58?/m0/s1. The van der Waals surface area contributed by atoms with E-state index in [1.54, 1.807) is 68.0 Å². The number of primary amides is 1. The predicted molar refractivity (Wildman–Crippen MR) is 303 cm³/mol. The Morgan fingerprint density at radius 3 is 2.27 bits per heavy atom. The Kier molecular flexibility index (Phi) is 16.6. The van der Waals surface area contributed by atoms with Crippen LogP contribution in [-0.4, -0.2) is 161 Å². The van der Waals surface area contributed by atoms with E-state index >= 15 is 8.78 Å². The second-order valence-corrected chi connectivity index (χ2v) is 24.1. The maximum absolute atomic E-state index is 15.7. The Morgan fingerprint density at radius 2 is 1.65 bits per heavy atom. The molecule has 2 aliphatic heterocycles. The predicted octanol–water partition coefficient (Wildman–Crippen LogP) is 5.50. The first-order valence-corrected chi connectivity index (χ1v) is 28.9. The molecule has 4 fully saturated rings. The number of amides is 6. The van der Waals surface area contributed by atoms with Crippen molar-refractivity contribution < 1.29 is 42.7 Å². The minimum atomic E-state index is -2.08. The largest absolute Gasteiger partial charge is 0.391 e. The normalized spacial score (nSPS) is 19.6. The number of H-pyrrole nitrogens is 1. The number of nitrogens with one attached hydrogen (secondary N) is 5. The lowest BCUT2D eigenvalue weighted by Crippen LogP contribution is -2.65. The first-order valence-electron chi connectivity index (χ1n) is 28.0. The summed E-state index contributed by atoms with van der Waals surface area (Å²) in [5.41, 5.74) is 8.71. The van der Waals surface area contributed by atoms with Crippen molar-refractivity contribution in [1.29, 1.82) is 0 Å². The van der Waals surface area contributed by atoms with Gasteiger partial charge in [0.1, 0.15) is 17.4 Å². The molecule has 4 atom stereocenters. The fourth-order valence-electron chi connectivity index (χ4n) is 11.2. The topological polar surface area (TPSA) is 278 Å². The summed E-state index contributed by atoms with van der Waals surface area (Å²) in [6.07, 6.45) is 9.36. The van der Waals surface area contributed by atoms with E-state index in [0.29, 0.717) is 74.9 Å². The SMILES string of the molecule is Cc1ncsc1-c1ccc([C@H](CC(=O)NCCCCCNC(=O)CN2CCN(C(=O)c3ccc(Nc4nc(C5CC5)cn5c(-c6cn[nH]c6)cnc45)c(F)c3)CC2)C2(C(N)=O)CC(O)CN2C(=O)[C@@H](NC(=O)C2(F)CC2)C(C)(C)C)cc1. The fraction of sp³-hybridized carbons (Fsp3) is 0.483. The number of benzene rings is 2. The molecule has 6 aromatic rings. The number of aryl methyl sites for hydroxylation is 1. The second kappa shape index (κ2) is 23.6. The number of aromatic nitrogens is 6. The summed E-state index contributed by atoms with van der Waals surface area (Å²) in [5, 5.41) is 29.8. The minimum Gasteiger partial charge on any atom is -0.391 e. The van der Waals surface area contributed by atoms with Gasteiger partial charge in [-0.05, 0) is 86.6 Å². The van der Waals surface area contributed by atoms with Crippen LogP contribution in [0.3, 0.4) is 0 Å². The maximum atomic E-state index is 15.7. The molecule has 2 aromatic carbocycles. The van der Waals surface area contributed by atoms with E-state index in [1.807, 2.05) is 34.6 Å². The van der Waals surface area contributed by atoms with Crippen molar-refractivity contribution in [2.75, 3.05) is 57.7 Å². The molecular formula is C58H70F2N14O7S. The van der Waals surface area contributed by atoms with Crippen molar-refractivity contribution in [1.82, 2.24) is 60.2 Å². The van der Waals surface area contributed by atoms with Crippen molar-refractivity contribution in [3.05, 3.63) is 101 Å². The zero-order valence-corrected chi connectivity index (χ0v) is 47.3. The monoisotopic (exact) mass is 1140 g/mol. The lowest BCUT2D eigenvalue weighted by Gasteiger charge is -2.44. The van der Waals surface area contributed by atoms with Crippen molar-refractivity contribution in [3.63, 3.8) is 0 Å². The molecule has 10 rings (SSSR count). The summed E-state index contributed by atoms with van der Waals surface area (Å²) in [7, 11) is 0. The number of hydrogen-bond donors (Lipinski definition) is 7. The van der Waals surface area contributed by atoms with Gasteiger partial charge in [0.05, 0.1) is 58.2 Å². The number of aliphatic hydroxyl groups is 1. The number of rotatable bonds is 22. The number of hydrogen-bond acceptors (Lipinski definition) is 14. The van der Waals surface area contributed by atoms with Crippen molar-refractivity contribution in [2.24, 2.45) is 11.1 Å². The molecule has 4 aromatic heterocycles. The number of likely N-dealkylation sites (tertiary alicyclic amines) is 1. The Balaban J connectivity index is 0.693. The number of β-amino-alcohol motifs (C(OH)–C–C–N with tert-alkyl or cyclic N) is 1. The molecule has 0 spiro atoms. The van der Waals surface area contributed by atoms with Gasteiger partial charge in [0.25, 0.3) is 11.8 Å². The zero-order chi connectivity index (χ0) is 58.1. The number of carbonyl (C=O) groups is 6. The van der Waals surface area contributed by atoms with Gasteiger partial charge in [-0.15, -0.1) is 11.3 Å². The number of nitrogens with zero attached hydrogens (tertiary/aromatic N) is 8. The summed E-state index contributed by atoms with van der Waals surface area (Å²) >= 11 is 1.46. The highest BCUT2D eigenvalue weighted by Crippen LogP contribution is 2.47. The van der Waals surface area contributed by atoms with Crippen LogP contribution >= 0.6 is 11.3 Å². The van der Waals surface area contributed by atoms with Crippen molar-refractivity contribution >= 4 is 63.9 Å². The molecule has 6 heterocycles. The van der Waals surface area contributed by atoms with E-state index in [9.17, 15) is 33.9 Å². The van der Waals surface area contributed by atoms with E-state index in [4.69, 9.17) is 10.7 Å². The molecule has 434 valence electrons. The van der Waals surface area contributed by atoms with Gasteiger partial charge in [0, 0.05) is 94.0 Å². The van der Waals surface area contributed by atoms with Crippen LogP contribution in [0.2, 0.25) is 0 Å². The average Bonchev–Trinajstić information content (AvgIpc) is 4.33. The van der Waals surface area contributed by atoms with E-state index < -0.39 is 64.1 Å². The van der Waals surface area contributed by atoms with Crippen LogP contribution in [0.25, 0.3) is 27.3 Å². The van der Waals surface area contributed by atoms with E-state index in [-0.39, 0.29) is 68.4 Å². The molecule has 0 bridgehead atoms. The molecule has 21 nitrogen and oxygen atoms in total. The first-order chi connectivity index (χ1) is 39.2. The van der Waals surface area contributed by atoms with Gasteiger partial charge in [-0.1, -0.05) is 45.0 Å². The van der Waals surface area contributed by atoms with Crippen molar-refractivity contribution in [2.45, 2.75) is 121 Å². The number of carbonyl (C=O) groups excluding carboxylic acids is 6. The number of fused-ring (bicyclic) bond motifs is 1. The maximum Gasteiger partial charge on any atom is 0.258 e. The number of aliphatic hydroxyl groups excluding tert-OH is 1. The molecule has 2 saturated heterocycles. The number of unbranched alkanes of at least 4 members (excludes halogenated alkanes) is 2. The third kappa shape index (κ3) is 12.4. The van der Waals surface area contributed by atoms with Gasteiger partial charge in [0.2, 0.25) is 23.6 Å². The molecule has 6 amide bonds. The number of thiazole rings is 1. The van der Waals surface area contributed by atoms with Crippen LogP contribution in [0.1, 0.15) is 118 Å². The van der Waals surface area contributed by atoms with Crippen LogP contribution in [-0.2, 0) is 24.0 Å². The highest BCUT2D eigenvalue weighted by molar-refractivity contribution is 7.13. The van der Waals surface area contributed by atoms with Crippen LogP contribution in [0.5, 0.6) is 0 Å². The summed E-state index contributed by atoms with van der Waals surface area (Å²) in [6, 6.07) is 10.3. The van der Waals surface area contributed by atoms with E-state index in [0.717, 1.165) is 45.9 Å². The van der Waals surface area contributed by atoms with Gasteiger partial charge in [0.15, 0.2) is 17.1 Å². The Hall–Kier alpha value is -7.70. The number of anilines is 2. The third-order valence-electron chi connectivity index (χ3n) is 16.2. The molecule has 2 aliphatic carbocycles. The number of halogens is 2. The molecule has 4 aliphatic rings. The summed E-state index contributed by atoms with van der Waals surface area (Å²) in [6.45, 7) is 9.14. The lowest BCUT2D eigenvalue weighted by molar-refractivity contribution is -0.151. The quantitative estimate of drug-likeness (QED) is 0.0415. The van der Waals surface area contributed by atoms with Crippen LogP contribution < -0.4 is 27.0 Å². The van der Waals surface area contributed by atoms with Gasteiger partial charge in [-0.3, -0.25) is 43.2 Å². The van der Waals surface area contributed by atoms with Gasteiger partial charge in [-0.25, -0.2) is 23.7 Å². The van der Waals surface area contributed by atoms with Crippen LogP contribution in [0.15, 0.2) is 72.8 Å². The molecule has 2 unspecified atom stereocenters. The number of nitrogens with two attached hydrogens (primary N) is 1. The minimum absolute atomic E-state index is 0.0286. The number of alkyl halides is 1. The number of piperazine rings is 1. The zero-order valence-electron chi connectivity index (χ0n) is 46.5. The molecule has 0 radical (unpaired) electrons. The molecule has 2 saturated carbocycles. The highest BCUT2D eigenvalue weighted by Gasteiger charge is 2.60. The van der Waals surface area contributed by atoms with Gasteiger partial charge < -0.3 is 41.9 Å². The molecule has 24 heteroatoms. The van der Waals surface area contributed by atoms with Crippen LogP contribution in [0, 0.1) is 18.2 Å². The highest BCUT2D eigenvalue weighted by atomic mass is 32.1. The van der Waals surface area contributed by atoms with E-state index in [2.05, 4.69) is 41.4 Å². The average molecular weight is 1150 g/mol. The Labute approximate surface area is 477 Å². The summed E-state index contributed by atoms with van der Waals surface area (Å²) < 4.78 is 32.7. The Bertz CT molecular complexity index is 3350. The molecular weight excluding hydrogens is 1070 g/mol. The third-order valence-corrected chi connectivity index (χ3v) is 17.2. The van der Waals surface area contributed by atoms with Crippen LogP contribution in [0.4, 0.5) is 20.3 Å². The molecule has 82 heavy (non-hydrogen) atoms. The van der Waals surface area contributed by atoms with Gasteiger partial charge >= 0.3 is 0 Å². The molecule has 8 N–H and O–H groups in total. The number of imidazole rings is 1. The second-order valence-electron chi connectivity index (χ2n) is 23.2. The summed E-state index contributed by atoms with van der Waals surface area (Å²) in [4.78, 5) is 102. The fourth-order valence-corrected chi connectivity index (χ4v) is 12.0. The lowest BCUT2D eigenvalue weighted by atomic mass is 9.73. The van der Waals surface area contributed by atoms with E-state index in [1.165, 1.54) is 28.4 Å². The smallest absolute Gasteiger partial charge is 0.258 e. The van der Waals surface area contributed by atoms with Crippen molar-refractivity contribution in [3.8, 4) is 21.7 Å². The Morgan fingerprint density at radius 1 is 0.927 bits per heavy atom. The first kappa shape index (κ1) is 57.5. The number of aromatic amines is 1. The summed E-state index contributed by atoms with van der Waals surface area (Å²) in [5.74, 6) is -4.42. The van der Waals surface area contributed by atoms with Gasteiger partial charge in [-0.2, -0.15) is 5.10 Å².